The van der Waals surface area contributed by atoms with Crippen LogP contribution in [-0.4, -0.2) is 52.0 Å². The third-order valence-corrected chi connectivity index (χ3v) is 5.99. The molecule has 1 atom stereocenters. The molecule has 0 aliphatic heterocycles. The average molecular weight is 469 g/mol. The molecule has 0 fully saturated rings. The van der Waals surface area contributed by atoms with Crippen LogP contribution in [0.2, 0.25) is 0 Å². The number of nitrogen functional groups attached to an aromatic ring is 1. The summed E-state index contributed by atoms with van der Waals surface area (Å²) in [6.07, 6.45) is 4.67. The van der Waals surface area contributed by atoms with Crippen molar-refractivity contribution in [1.29, 1.82) is 0 Å². The molecule has 9 nitrogen and oxygen atoms in total. The van der Waals surface area contributed by atoms with Gasteiger partial charge in [-0.15, -0.1) is 0 Å². The van der Waals surface area contributed by atoms with Crippen LogP contribution in [0.3, 0.4) is 0 Å². The summed E-state index contributed by atoms with van der Waals surface area (Å²) in [6, 6.07) is 7.46. The van der Waals surface area contributed by atoms with Crippen molar-refractivity contribution in [3.63, 3.8) is 0 Å². The van der Waals surface area contributed by atoms with Gasteiger partial charge in [-0.1, -0.05) is 25.8 Å². The summed E-state index contributed by atoms with van der Waals surface area (Å²) in [5.74, 6) is 0.737. The number of aliphatic hydroxyl groups excluding tert-OH is 1. The van der Waals surface area contributed by atoms with Crippen molar-refractivity contribution >= 4 is 22.7 Å². The second-order valence-electron chi connectivity index (χ2n) is 8.94. The molecule has 9 heteroatoms. The van der Waals surface area contributed by atoms with Gasteiger partial charge in [-0.05, 0) is 42.2 Å². The highest BCUT2D eigenvalue weighted by Gasteiger charge is 2.24. The fraction of sp³-hybridized carbons (Fsp3) is 0.480. The van der Waals surface area contributed by atoms with Gasteiger partial charge in [0.2, 0.25) is 5.95 Å². The molecular formula is C25H36N6O3. The van der Waals surface area contributed by atoms with Crippen LogP contribution >= 0.6 is 0 Å². The number of anilines is 2. The second kappa shape index (κ2) is 11.4. The number of aromatic nitrogens is 3. The summed E-state index contributed by atoms with van der Waals surface area (Å²) in [7, 11) is 3.41. The zero-order valence-electron chi connectivity index (χ0n) is 20.5. The second-order valence-corrected chi connectivity index (χ2v) is 8.94. The maximum absolute atomic E-state index is 12.4. The number of fused-ring (bicyclic) bond motifs is 1. The number of hydrogen-bond acceptors (Lipinski definition) is 8. The number of aryl methyl sites for hydroxylation is 1. The lowest BCUT2D eigenvalue weighted by Crippen LogP contribution is -2.39. The molecule has 2 aromatic heterocycles. The van der Waals surface area contributed by atoms with Crippen molar-refractivity contribution in [2.24, 2.45) is 7.05 Å². The highest BCUT2D eigenvalue weighted by molar-refractivity contribution is 5.93. The minimum Gasteiger partial charge on any atom is -0.394 e. The summed E-state index contributed by atoms with van der Waals surface area (Å²) >= 11 is 0. The minimum atomic E-state index is -0.519. The Morgan fingerprint density at radius 1 is 1.26 bits per heavy atom. The zero-order valence-corrected chi connectivity index (χ0v) is 20.5. The Bertz CT molecular complexity index is 1180. The van der Waals surface area contributed by atoms with Crippen LogP contribution < -0.4 is 21.9 Å². The van der Waals surface area contributed by atoms with E-state index in [1.165, 1.54) is 0 Å². The van der Waals surface area contributed by atoms with Gasteiger partial charge in [0.25, 0.3) is 5.56 Å². The first-order valence-corrected chi connectivity index (χ1v) is 11.7. The zero-order chi connectivity index (χ0) is 24.7. The molecular weight excluding hydrogens is 432 g/mol. The molecule has 184 valence electrons. The average Bonchev–Trinajstić information content (AvgIpc) is 2.82. The summed E-state index contributed by atoms with van der Waals surface area (Å²) in [5, 5.41) is 17.6. The topological polar surface area (TPSA) is 127 Å². The van der Waals surface area contributed by atoms with E-state index in [4.69, 9.17) is 10.5 Å². The molecule has 0 unspecified atom stereocenters. The van der Waals surface area contributed by atoms with Crippen LogP contribution in [0.5, 0.6) is 0 Å². The minimum absolute atomic E-state index is 0.0246. The molecule has 0 radical (unpaired) electrons. The molecule has 0 saturated carbocycles. The summed E-state index contributed by atoms with van der Waals surface area (Å²) < 4.78 is 6.68. The van der Waals surface area contributed by atoms with Crippen LogP contribution in [0.25, 0.3) is 22.0 Å². The highest BCUT2D eigenvalue weighted by atomic mass is 16.5. The molecule has 0 saturated heterocycles. The molecule has 0 aliphatic carbocycles. The number of rotatable bonds is 12. The number of ether oxygens (including phenoxy) is 1. The Hall–Kier alpha value is -3.01. The van der Waals surface area contributed by atoms with Crippen molar-refractivity contribution in [2.45, 2.75) is 45.2 Å². The first-order valence-electron chi connectivity index (χ1n) is 11.7. The highest BCUT2D eigenvalue weighted by Crippen LogP contribution is 2.31. The van der Waals surface area contributed by atoms with E-state index in [2.05, 4.69) is 27.5 Å². The maximum atomic E-state index is 12.4. The smallest absolute Gasteiger partial charge is 0.250 e. The Labute approximate surface area is 200 Å². The fourth-order valence-corrected chi connectivity index (χ4v) is 3.94. The number of nitrogens with one attached hydrogen (secondary N) is 2. The summed E-state index contributed by atoms with van der Waals surface area (Å²) in [5.41, 5.74) is 8.80. The van der Waals surface area contributed by atoms with Gasteiger partial charge < -0.3 is 30.8 Å². The molecule has 0 bridgehead atoms. The monoisotopic (exact) mass is 468 g/mol. The van der Waals surface area contributed by atoms with Gasteiger partial charge >= 0.3 is 0 Å². The molecule has 0 amide bonds. The van der Waals surface area contributed by atoms with Crippen LogP contribution in [0.15, 0.2) is 35.3 Å². The lowest BCUT2D eigenvalue weighted by molar-refractivity contribution is 0.199. The number of benzene rings is 1. The molecule has 3 rings (SSSR count). The van der Waals surface area contributed by atoms with Gasteiger partial charge in [0.05, 0.1) is 24.3 Å². The van der Waals surface area contributed by atoms with Crippen LogP contribution in [0.1, 0.15) is 38.7 Å². The number of unbranched alkanes of at least 4 members (excludes halogenated alkanes) is 1. The summed E-state index contributed by atoms with van der Waals surface area (Å²) in [4.78, 5) is 21.3. The van der Waals surface area contributed by atoms with Gasteiger partial charge in [-0.25, -0.2) is 4.98 Å². The van der Waals surface area contributed by atoms with Crippen LogP contribution in [-0.2, 0) is 18.3 Å². The lowest BCUT2D eigenvalue weighted by atomic mass is 9.95. The van der Waals surface area contributed by atoms with E-state index in [9.17, 15) is 9.90 Å². The van der Waals surface area contributed by atoms with Crippen molar-refractivity contribution in [2.75, 3.05) is 37.9 Å². The number of methoxy groups -OCH3 is 1. The third-order valence-electron chi connectivity index (χ3n) is 5.99. The number of hydrogen-bond donors (Lipinski definition) is 4. The van der Waals surface area contributed by atoms with E-state index in [0.717, 1.165) is 41.3 Å². The van der Waals surface area contributed by atoms with Crippen molar-refractivity contribution in [3.05, 3.63) is 46.4 Å². The standard InChI is InChI=1S/C25H36N6O3/c1-5-6-9-25(2,16-32)30-23-19-8-7-17(12-21(19)28-24(26)29-23)20-13-22(33)31(3)15-18(20)14-27-10-11-34-4/h7-8,12-13,15,27,32H,5-6,9-11,14,16H2,1-4H3,(H3,26,28,29,30)/t25-/m1/s1. The van der Waals surface area contributed by atoms with Crippen LogP contribution in [0.4, 0.5) is 11.8 Å². The SMILES string of the molecule is CCCC[C@](C)(CO)Nc1nc(N)nc2cc(-c3cc(=O)n(C)cc3CNCCOC)ccc12. The van der Waals surface area contributed by atoms with Gasteiger partial charge in [-0.2, -0.15) is 4.98 Å². The number of nitrogens with two attached hydrogens (primary N) is 1. The molecule has 34 heavy (non-hydrogen) atoms. The van der Waals surface area contributed by atoms with E-state index in [-0.39, 0.29) is 18.1 Å². The van der Waals surface area contributed by atoms with E-state index in [0.29, 0.717) is 31.0 Å². The van der Waals surface area contributed by atoms with Gasteiger partial charge in [0.15, 0.2) is 0 Å². The molecule has 0 spiro atoms. The Morgan fingerprint density at radius 3 is 2.76 bits per heavy atom. The van der Waals surface area contributed by atoms with Gasteiger partial charge in [0.1, 0.15) is 5.82 Å². The molecule has 2 heterocycles. The van der Waals surface area contributed by atoms with E-state index < -0.39 is 5.54 Å². The van der Waals surface area contributed by atoms with Crippen molar-refractivity contribution < 1.29 is 9.84 Å². The van der Waals surface area contributed by atoms with E-state index in [1.54, 1.807) is 24.8 Å². The van der Waals surface area contributed by atoms with Gasteiger partial charge in [0, 0.05) is 44.9 Å². The first kappa shape index (κ1) is 25.6. The fourth-order valence-electron chi connectivity index (χ4n) is 3.94. The predicted octanol–water partition coefficient (Wildman–Crippen LogP) is 2.67. The molecule has 1 aromatic carbocycles. The number of aliphatic hydroxyl groups is 1. The first-order chi connectivity index (χ1) is 16.3. The maximum Gasteiger partial charge on any atom is 0.250 e. The Kier molecular flexibility index (Phi) is 8.60. The Morgan fingerprint density at radius 2 is 2.06 bits per heavy atom. The molecule has 0 aliphatic rings. The van der Waals surface area contributed by atoms with Crippen LogP contribution in [0, 0.1) is 0 Å². The lowest BCUT2D eigenvalue weighted by Gasteiger charge is -2.30. The number of pyridine rings is 1. The number of nitrogens with zero attached hydrogens (tertiary/aromatic N) is 3. The molecule has 5 N–H and O–H groups in total. The quantitative estimate of drug-likeness (QED) is 0.299. The normalized spacial score (nSPS) is 13.2. The van der Waals surface area contributed by atoms with E-state index in [1.807, 2.05) is 31.3 Å². The molecule has 3 aromatic rings. The Balaban J connectivity index is 2.02. The summed E-state index contributed by atoms with van der Waals surface area (Å²) in [6.45, 7) is 5.98. The third kappa shape index (κ3) is 6.11. The largest absolute Gasteiger partial charge is 0.394 e. The van der Waals surface area contributed by atoms with E-state index >= 15 is 0 Å². The predicted molar refractivity (Wildman–Crippen MR) is 137 cm³/mol. The van der Waals surface area contributed by atoms with Gasteiger partial charge in [-0.3, -0.25) is 4.79 Å². The van der Waals surface area contributed by atoms with Crippen molar-refractivity contribution in [1.82, 2.24) is 19.9 Å². The van der Waals surface area contributed by atoms with Crippen molar-refractivity contribution in [3.8, 4) is 11.1 Å².